The van der Waals surface area contributed by atoms with Crippen LogP contribution < -0.4 is 10.9 Å². The number of halogens is 3. The van der Waals surface area contributed by atoms with Crippen molar-refractivity contribution in [3.05, 3.63) is 46.0 Å². The molecule has 7 nitrogen and oxygen atoms in total. The number of carbonyl (C=O) groups excluding carboxylic acids is 1. The van der Waals surface area contributed by atoms with Crippen molar-refractivity contribution in [2.75, 3.05) is 11.9 Å². The van der Waals surface area contributed by atoms with Gasteiger partial charge in [-0.1, -0.05) is 6.92 Å². The zero-order valence-corrected chi connectivity index (χ0v) is 16.8. The summed E-state index contributed by atoms with van der Waals surface area (Å²) >= 11 is 0. The molecular formula is C20H24F3N5O2. The molecule has 0 aromatic carbocycles. The van der Waals surface area contributed by atoms with Crippen molar-refractivity contribution >= 4 is 11.7 Å². The van der Waals surface area contributed by atoms with Crippen LogP contribution in [0.4, 0.5) is 19.0 Å². The number of pyridine rings is 1. The lowest BCUT2D eigenvalue weighted by molar-refractivity contribution is -0.173. The number of hydrogen-bond donors (Lipinski definition) is 1. The molecule has 10 heteroatoms. The Balaban J connectivity index is 1.65. The maximum atomic E-state index is 13.6. The topological polar surface area (TPSA) is 72.2 Å². The average molecular weight is 423 g/mol. The summed E-state index contributed by atoms with van der Waals surface area (Å²) in [5.74, 6) is 0.0197. The molecule has 1 amide bonds. The van der Waals surface area contributed by atoms with Gasteiger partial charge >= 0.3 is 6.18 Å². The molecule has 3 atom stereocenters. The molecule has 0 radical (unpaired) electrons. The van der Waals surface area contributed by atoms with Gasteiger partial charge in [0.25, 0.3) is 11.5 Å². The lowest BCUT2D eigenvalue weighted by atomic mass is 10.0. The van der Waals surface area contributed by atoms with Gasteiger partial charge in [-0.3, -0.25) is 9.59 Å². The van der Waals surface area contributed by atoms with Crippen molar-refractivity contribution in [1.29, 1.82) is 0 Å². The highest BCUT2D eigenvalue weighted by atomic mass is 19.4. The third-order valence-corrected chi connectivity index (χ3v) is 5.99. The molecule has 2 aromatic heterocycles. The number of alkyl halides is 3. The fourth-order valence-electron chi connectivity index (χ4n) is 4.26. The fourth-order valence-corrected chi connectivity index (χ4v) is 4.26. The summed E-state index contributed by atoms with van der Waals surface area (Å²) in [4.78, 5) is 26.5. The van der Waals surface area contributed by atoms with Crippen LogP contribution in [0, 0.1) is 0 Å². The first-order chi connectivity index (χ1) is 14.2. The Bertz CT molecular complexity index is 1010. The molecule has 1 saturated heterocycles. The smallest absolute Gasteiger partial charge is 0.367 e. The number of nitrogens with zero attached hydrogens (tertiary/aromatic N) is 4. The van der Waals surface area contributed by atoms with Gasteiger partial charge in [-0.25, -0.2) is 4.68 Å². The number of likely N-dealkylation sites (tertiary alicyclic amines) is 1. The molecule has 162 valence electrons. The molecule has 1 unspecified atom stereocenters. The highest BCUT2D eigenvalue weighted by Gasteiger charge is 2.46. The average Bonchev–Trinajstić information content (AvgIpc) is 3.34. The maximum absolute atomic E-state index is 13.6. The largest absolute Gasteiger partial charge is 0.410 e. The molecule has 1 fully saturated rings. The van der Waals surface area contributed by atoms with Crippen molar-refractivity contribution in [1.82, 2.24) is 19.2 Å². The van der Waals surface area contributed by atoms with E-state index in [4.69, 9.17) is 0 Å². The van der Waals surface area contributed by atoms with Gasteiger partial charge in [-0.2, -0.15) is 18.3 Å². The molecular weight excluding hydrogens is 399 g/mol. The molecule has 2 aliphatic rings. The summed E-state index contributed by atoms with van der Waals surface area (Å²) in [5, 5.41) is 7.42. The van der Waals surface area contributed by atoms with Crippen molar-refractivity contribution in [2.45, 2.75) is 56.9 Å². The number of nitrogens with one attached hydrogen (secondary N) is 1. The molecule has 4 heterocycles. The number of carbonyl (C=O) groups is 1. The first-order valence-electron chi connectivity index (χ1n) is 10.1. The van der Waals surface area contributed by atoms with E-state index in [9.17, 15) is 22.8 Å². The SMILES string of the molecule is CC[C@@H]1C[C@H](C(F)(F)F)n2nc(C3CCCN3C(=O)c3ccn(C)c(=O)c3)cc2N1. The number of aryl methyl sites for hydroxylation is 1. The molecule has 2 aromatic rings. The summed E-state index contributed by atoms with van der Waals surface area (Å²) in [7, 11) is 1.60. The van der Waals surface area contributed by atoms with Crippen molar-refractivity contribution < 1.29 is 18.0 Å². The van der Waals surface area contributed by atoms with Gasteiger partial charge in [0.1, 0.15) is 5.82 Å². The van der Waals surface area contributed by atoms with E-state index in [1.165, 1.54) is 16.8 Å². The van der Waals surface area contributed by atoms with E-state index >= 15 is 0 Å². The zero-order chi connectivity index (χ0) is 21.6. The maximum Gasteiger partial charge on any atom is 0.410 e. The Morgan fingerprint density at radius 3 is 2.77 bits per heavy atom. The zero-order valence-electron chi connectivity index (χ0n) is 16.8. The second-order valence-electron chi connectivity index (χ2n) is 7.96. The molecule has 4 rings (SSSR count). The van der Waals surface area contributed by atoms with Crippen LogP contribution in [0.5, 0.6) is 0 Å². The summed E-state index contributed by atoms with van der Waals surface area (Å²) in [5.41, 5.74) is 0.418. The summed E-state index contributed by atoms with van der Waals surface area (Å²) in [6.45, 7) is 2.31. The van der Waals surface area contributed by atoms with Gasteiger partial charge in [0.05, 0.1) is 11.7 Å². The van der Waals surface area contributed by atoms with E-state index < -0.39 is 18.3 Å². The first kappa shape index (κ1) is 20.5. The second kappa shape index (κ2) is 7.48. The number of aromatic nitrogens is 3. The Hall–Kier alpha value is -2.78. The number of anilines is 1. The minimum Gasteiger partial charge on any atom is -0.367 e. The minimum absolute atomic E-state index is 0.0747. The van der Waals surface area contributed by atoms with E-state index in [2.05, 4.69) is 10.4 Å². The van der Waals surface area contributed by atoms with Crippen LogP contribution in [0.1, 0.15) is 60.7 Å². The lowest BCUT2D eigenvalue weighted by Crippen LogP contribution is -2.39. The highest BCUT2D eigenvalue weighted by Crippen LogP contribution is 2.42. The van der Waals surface area contributed by atoms with Gasteiger partial charge in [-0.05, 0) is 31.7 Å². The molecule has 2 aliphatic heterocycles. The Kier molecular flexibility index (Phi) is 5.11. The third kappa shape index (κ3) is 3.59. The van der Waals surface area contributed by atoms with E-state index in [-0.39, 0.29) is 29.5 Å². The van der Waals surface area contributed by atoms with E-state index in [0.29, 0.717) is 30.9 Å². The van der Waals surface area contributed by atoms with E-state index in [0.717, 1.165) is 11.1 Å². The number of amides is 1. The second-order valence-corrected chi connectivity index (χ2v) is 7.96. The summed E-state index contributed by atoms with van der Waals surface area (Å²) < 4.78 is 43.3. The molecule has 0 bridgehead atoms. The lowest BCUT2D eigenvalue weighted by Gasteiger charge is -2.32. The van der Waals surface area contributed by atoms with Crippen molar-refractivity contribution in [3.8, 4) is 0 Å². The van der Waals surface area contributed by atoms with E-state index in [1.807, 2.05) is 6.92 Å². The molecule has 1 N–H and O–H groups in total. The summed E-state index contributed by atoms with van der Waals surface area (Å²) in [6.07, 6.45) is -1.04. The van der Waals surface area contributed by atoms with Crippen molar-refractivity contribution in [3.63, 3.8) is 0 Å². The molecule has 0 aliphatic carbocycles. The Labute approximate surface area is 171 Å². The number of rotatable bonds is 3. The van der Waals surface area contributed by atoms with Crippen LogP contribution in [0.2, 0.25) is 0 Å². The fraction of sp³-hybridized carbons (Fsp3) is 0.550. The van der Waals surface area contributed by atoms with Gasteiger partial charge in [0.2, 0.25) is 0 Å². The predicted octanol–water partition coefficient (Wildman–Crippen LogP) is 3.26. The van der Waals surface area contributed by atoms with Crippen LogP contribution in [-0.2, 0) is 7.05 Å². The third-order valence-electron chi connectivity index (χ3n) is 5.99. The van der Waals surface area contributed by atoms with Crippen LogP contribution >= 0.6 is 0 Å². The molecule has 30 heavy (non-hydrogen) atoms. The van der Waals surface area contributed by atoms with Gasteiger partial charge < -0.3 is 14.8 Å². The van der Waals surface area contributed by atoms with Gasteiger partial charge in [0.15, 0.2) is 6.04 Å². The molecule has 0 spiro atoms. The highest BCUT2D eigenvalue weighted by molar-refractivity contribution is 5.94. The Morgan fingerprint density at radius 2 is 2.10 bits per heavy atom. The standard InChI is InChI=1S/C20H24F3N5O2/c1-3-13-10-16(20(21,22)23)28-17(24-13)11-14(25-28)15-5-4-7-27(15)19(30)12-6-8-26(2)18(29)9-12/h6,8-9,11,13,15-16,24H,3-5,7,10H2,1-2H3/t13-,15?,16-/m1/s1. The number of hydrogen-bond acceptors (Lipinski definition) is 4. The monoisotopic (exact) mass is 423 g/mol. The normalized spacial score (nSPS) is 23.9. The van der Waals surface area contributed by atoms with Crippen LogP contribution in [0.3, 0.4) is 0 Å². The van der Waals surface area contributed by atoms with Crippen LogP contribution in [0.15, 0.2) is 29.2 Å². The first-order valence-corrected chi connectivity index (χ1v) is 10.1. The number of fused-ring (bicyclic) bond motifs is 1. The van der Waals surface area contributed by atoms with Crippen LogP contribution in [-0.4, -0.2) is 43.9 Å². The minimum atomic E-state index is -4.40. The van der Waals surface area contributed by atoms with E-state index in [1.54, 1.807) is 24.1 Å². The molecule has 0 saturated carbocycles. The Morgan fingerprint density at radius 1 is 1.33 bits per heavy atom. The van der Waals surface area contributed by atoms with Crippen molar-refractivity contribution in [2.24, 2.45) is 7.05 Å². The summed E-state index contributed by atoms with van der Waals surface area (Å²) in [6, 6.07) is 2.09. The predicted molar refractivity (Wildman–Crippen MR) is 104 cm³/mol. The van der Waals surface area contributed by atoms with Gasteiger partial charge in [-0.15, -0.1) is 0 Å². The van der Waals surface area contributed by atoms with Gasteiger partial charge in [0, 0.05) is 43.5 Å². The quantitative estimate of drug-likeness (QED) is 0.823. The van der Waals surface area contributed by atoms with Crippen LogP contribution in [0.25, 0.3) is 0 Å².